The van der Waals surface area contributed by atoms with Gasteiger partial charge in [-0.3, -0.25) is 4.79 Å². The Bertz CT molecular complexity index is 578. The third-order valence-electron chi connectivity index (χ3n) is 2.51. The van der Waals surface area contributed by atoms with E-state index in [1.54, 1.807) is 30.5 Å². The number of carbonyl (C=O) groups is 1. The highest BCUT2D eigenvalue weighted by atomic mass is 35.5. The quantitative estimate of drug-likeness (QED) is 0.817. The van der Waals surface area contributed by atoms with Gasteiger partial charge >= 0.3 is 0 Å². The lowest BCUT2D eigenvalue weighted by Crippen LogP contribution is -2.16. The zero-order valence-corrected chi connectivity index (χ0v) is 10.5. The first-order chi connectivity index (χ1) is 8.59. The summed E-state index contributed by atoms with van der Waals surface area (Å²) in [5, 5.41) is 3.01. The fourth-order valence-electron chi connectivity index (χ4n) is 1.57. The summed E-state index contributed by atoms with van der Waals surface area (Å²) >= 11 is 5.97. The molecule has 0 radical (unpaired) electrons. The second-order valence-electron chi connectivity index (χ2n) is 3.83. The number of nitrogen functional groups attached to an aromatic ring is 1. The lowest BCUT2D eigenvalue weighted by Gasteiger charge is -2.09. The number of benzene rings is 1. The van der Waals surface area contributed by atoms with E-state index in [1.807, 2.05) is 13.0 Å². The first-order valence-electron chi connectivity index (χ1n) is 5.36. The van der Waals surface area contributed by atoms with Crippen molar-refractivity contribution in [2.75, 3.05) is 11.1 Å². The van der Waals surface area contributed by atoms with Crippen LogP contribution in [0.1, 0.15) is 15.9 Å². The van der Waals surface area contributed by atoms with Crippen LogP contribution in [0.4, 0.5) is 11.5 Å². The summed E-state index contributed by atoms with van der Waals surface area (Å²) in [6, 6.07) is 8.61. The Morgan fingerprint density at radius 2 is 2.11 bits per heavy atom. The fourth-order valence-corrected chi connectivity index (χ4v) is 1.83. The largest absolute Gasteiger partial charge is 0.398 e. The first kappa shape index (κ1) is 12.4. The van der Waals surface area contributed by atoms with Crippen LogP contribution in [-0.4, -0.2) is 10.9 Å². The van der Waals surface area contributed by atoms with E-state index < -0.39 is 0 Å². The Hall–Kier alpha value is -2.07. The standard InChI is InChI=1S/C13H12ClN3O/c1-8-4-3-7-16-12(8)17-13(18)11-9(14)5-2-6-10(11)15/h2-7H,15H2,1H3,(H,16,17,18). The summed E-state index contributed by atoms with van der Waals surface area (Å²) in [6.45, 7) is 1.86. The predicted molar refractivity (Wildman–Crippen MR) is 72.8 cm³/mol. The van der Waals surface area contributed by atoms with Crippen LogP contribution in [0.5, 0.6) is 0 Å². The number of hydrogen-bond donors (Lipinski definition) is 2. The maximum Gasteiger partial charge on any atom is 0.260 e. The van der Waals surface area contributed by atoms with Crippen molar-refractivity contribution in [2.24, 2.45) is 0 Å². The van der Waals surface area contributed by atoms with E-state index in [0.29, 0.717) is 16.5 Å². The Balaban J connectivity index is 2.31. The van der Waals surface area contributed by atoms with Crippen molar-refractivity contribution in [1.82, 2.24) is 4.98 Å². The number of nitrogens with one attached hydrogen (secondary N) is 1. The number of nitrogens with zero attached hydrogens (tertiary/aromatic N) is 1. The van der Waals surface area contributed by atoms with Crippen LogP contribution in [0.25, 0.3) is 0 Å². The molecule has 0 aliphatic heterocycles. The molecule has 5 heteroatoms. The van der Waals surface area contributed by atoms with Gasteiger partial charge in [0.05, 0.1) is 10.6 Å². The van der Waals surface area contributed by atoms with Crippen LogP contribution in [-0.2, 0) is 0 Å². The number of nitrogens with two attached hydrogens (primary N) is 1. The van der Waals surface area contributed by atoms with Crippen molar-refractivity contribution in [2.45, 2.75) is 6.92 Å². The number of halogens is 1. The van der Waals surface area contributed by atoms with E-state index in [1.165, 1.54) is 0 Å². The molecule has 0 bridgehead atoms. The van der Waals surface area contributed by atoms with Crippen molar-refractivity contribution in [3.8, 4) is 0 Å². The highest BCUT2D eigenvalue weighted by Crippen LogP contribution is 2.23. The zero-order valence-electron chi connectivity index (χ0n) is 9.77. The molecule has 4 nitrogen and oxygen atoms in total. The van der Waals surface area contributed by atoms with Crippen LogP contribution in [0.3, 0.4) is 0 Å². The van der Waals surface area contributed by atoms with E-state index in [-0.39, 0.29) is 11.5 Å². The first-order valence-corrected chi connectivity index (χ1v) is 5.74. The molecular formula is C13H12ClN3O. The summed E-state index contributed by atoms with van der Waals surface area (Å²) in [4.78, 5) is 16.2. The van der Waals surface area contributed by atoms with Gasteiger partial charge in [0.15, 0.2) is 0 Å². The number of aromatic nitrogens is 1. The molecular weight excluding hydrogens is 250 g/mol. The molecule has 2 rings (SSSR count). The Kier molecular flexibility index (Phi) is 3.48. The fraction of sp³-hybridized carbons (Fsp3) is 0.0769. The van der Waals surface area contributed by atoms with Gasteiger partial charge in [0, 0.05) is 11.9 Å². The van der Waals surface area contributed by atoms with Crippen LogP contribution in [0, 0.1) is 6.92 Å². The molecule has 18 heavy (non-hydrogen) atoms. The van der Waals surface area contributed by atoms with Gasteiger partial charge in [-0.1, -0.05) is 23.7 Å². The smallest absolute Gasteiger partial charge is 0.260 e. The lowest BCUT2D eigenvalue weighted by atomic mass is 10.1. The maximum absolute atomic E-state index is 12.1. The van der Waals surface area contributed by atoms with Gasteiger partial charge in [-0.15, -0.1) is 0 Å². The topological polar surface area (TPSA) is 68.0 Å². The second kappa shape index (κ2) is 5.06. The third kappa shape index (κ3) is 2.43. The Morgan fingerprint density at radius 3 is 2.78 bits per heavy atom. The number of amides is 1. The molecule has 1 heterocycles. The minimum absolute atomic E-state index is 0.268. The molecule has 3 N–H and O–H groups in total. The van der Waals surface area contributed by atoms with Gasteiger partial charge in [0.2, 0.25) is 0 Å². The maximum atomic E-state index is 12.1. The summed E-state index contributed by atoms with van der Waals surface area (Å²) in [6.07, 6.45) is 1.61. The van der Waals surface area contributed by atoms with Gasteiger partial charge in [-0.2, -0.15) is 0 Å². The van der Waals surface area contributed by atoms with Crippen LogP contribution >= 0.6 is 11.6 Å². The van der Waals surface area contributed by atoms with Crippen LogP contribution < -0.4 is 11.1 Å². The van der Waals surface area contributed by atoms with Crippen molar-refractivity contribution in [3.63, 3.8) is 0 Å². The summed E-state index contributed by atoms with van der Waals surface area (Å²) in [7, 11) is 0. The Labute approximate surface area is 110 Å². The van der Waals surface area contributed by atoms with Crippen molar-refractivity contribution < 1.29 is 4.79 Å². The number of anilines is 2. The number of carbonyl (C=O) groups excluding carboxylic acids is 1. The molecule has 0 atom stereocenters. The number of hydrogen-bond acceptors (Lipinski definition) is 3. The predicted octanol–water partition coefficient (Wildman–Crippen LogP) is 2.88. The third-order valence-corrected chi connectivity index (χ3v) is 2.83. The zero-order chi connectivity index (χ0) is 13.1. The van der Waals surface area contributed by atoms with Gasteiger partial charge in [-0.25, -0.2) is 4.98 Å². The summed E-state index contributed by atoms with van der Waals surface area (Å²) in [5.74, 6) is 0.140. The number of pyridine rings is 1. The van der Waals surface area contributed by atoms with Gasteiger partial charge in [0.1, 0.15) is 5.82 Å². The molecule has 0 aliphatic rings. The number of rotatable bonds is 2. The van der Waals surface area contributed by atoms with Gasteiger partial charge < -0.3 is 11.1 Å². The van der Waals surface area contributed by atoms with E-state index >= 15 is 0 Å². The van der Waals surface area contributed by atoms with E-state index in [9.17, 15) is 4.79 Å². The van der Waals surface area contributed by atoms with E-state index in [2.05, 4.69) is 10.3 Å². The number of aryl methyl sites for hydroxylation is 1. The normalized spacial score (nSPS) is 10.1. The van der Waals surface area contributed by atoms with Crippen LogP contribution in [0.15, 0.2) is 36.5 Å². The molecule has 1 aromatic carbocycles. The van der Waals surface area contributed by atoms with Gasteiger partial charge in [-0.05, 0) is 30.7 Å². The van der Waals surface area contributed by atoms with Gasteiger partial charge in [0.25, 0.3) is 5.91 Å². The van der Waals surface area contributed by atoms with Crippen LogP contribution in [0.2, 0.25) is 5.02 Å². The molecule has 1 aromatic heterocycles. The molecule has 0 aliphatic carbocycles. The SMILES string of the molecule is Cc1cccnc1NC(=O)c1c(N)cccc1Cl. The molecule has 92 valence electrons. The molecule has 0 saturated carbocycles. The summed E-state index contributed by atoms with van der Waals surface area (Å²) < 4.78 is 0. The molecule has 1 amide bonds. The molecule has 0 spiro atoms. The summed E-state index contributed by atoms with van der Waals surface area (Å²) in [5.41, 5.74) is 7.23. The minimum Gasteiger partial charge on any atom is -0.398 e. The second-order valence-corrected chi connectivity index (χ2v) is 4.23. The molecule has 0 saturated heterocycles. The van der Waals surface area contributed by atoms with E-state index in [0.717, 1.165) is 5.56 Å². The van der Waals surface area contributed by atoms with Crippen molar-refractivity contribution in [3.05, 3.63) is 52.7 Å². The minimum atomic E-state index is -0.361. The molecule has 2 aromatic rings. The van der Waals surface area contributed by atoms with E-state index in [4.69, 9.17) is 17.3 Å². The Morgan fingerprint density at radius 1 is 1.33 bits per heavy atom. The highest BCUT2D eigenvalue weighted by Gasteiger charge is 2.15. The van der Waals surface area contributed by atoms with Crippen molar-refractivity contribution >= 4 is 29.0 Å². The average Bonchev–Trinajstić information content (AvgIpc) is 2.32. The average molecular weight is 262 g/mol. The molecule has 0 fully saturated rings. The highest BCUT2D eigenvalue weighted by molar-refractivity contribution is 6.35. The lowest BCUT2D eigenvalue weighted by molar-refractivity contribution is 0.102. The molecule has 0 unspecified atom stereocenters. The van der Waals surface area contributed by atoms with Crippen molar-refractivity contribution in [1.29, 1.82) is 0 Å². The monoisotopic (exact) mass is 261 g/mol.